The van der Waals surface area contributed by atoms with Crippen LogP contribution in [0.5, 0.6) is 0 Å². The second kappa shape index (κ2) is 8.20. The maximum Gasteiger partial charge on any atom is 0.0900 e. The first kappa shape index (κ1) is 15.2. The number of hydrogen-bond acceptors (Lipinski definition) is 4. The molecule has 0 radical (unpaired) electrons. The van der Waals surface area contributed by atoms with E-state index in [1.54, 1.807) is 0 Å². The Morgan fingerprint density at radius 3 is 2.68 bits per heavy atom. The number of rotatable bonds is 7. The Labute approximate surface area is 117 Å². The van der Waals surface area contributed by atoms with Crippen molar-refractivity contribution < 1.29 is 9.84 Å². The van der Waals surface area contributed by atoms with Crippen molar-refractivity contribution in [1.82, 2.24) is 9.80 Å². The van der Waals surface area contributed by atoms with Gasteiger partial charge in [-0.3, -0.25) is 4.90 Å². The third kappa shape index (κ3) is 5.03. The van der Waals surface area contributed by atoms with Crippen molar-refractivity contribution in [2.45, 2.75) is 51.2 Å². The second-order valence-corrected chi connectivity index (χ2v) is 5.97. The van der Waals surface area contributed by atoms with Gasteiger partial charge in [0.05, 0.1) is 12.7 Å². The number of hydrogen-bond donors (Lipinski definition) is 1. The van der Waals surface area contributed by atoms with Crippen molar-refractivity contribution in [2.24, 2.45) is 0 Å². The van der Waals surface area contributed by atoms with Gasteiger partial charge in [-0.15, -0.1) is 0 Å². The van der Waals surface area contributed by atoms with E-state index in [9.17, 15) is 5.11 Å². The van der Waals surface area contributed by atoms with Gasteiger partial charge in [-0.05, 0) is 52.2 Å². The molecule has 2 unspecified atom stereocenters. The van der Waals surface area contributed by atoms with Gasteiger partial charge in [0.25, 0.3) is 0 Å². The van der Waals surface area contributed by atoms with E-state index in [0.717, 1.165) is 13.1 Å². The quantitative estimate of drug-likeness (QED) is 0.757. The Morgan fingerprint density at radius 2 is 1.95 bits per heavy atom. The zero-order valence-corrected chi connectivity index (χ0v) is 12.4. The summed E-state index contributed by atoms with van der Waals surface area (Å²) in [6, 6.07) is 0.648. The van der Waals surface area contributed by atoms with Gasteiger partial charge in [0, 0.05) is 25.7 Å². The molecule has 4 nitrogen and oxygen atoms in total. The van der Waals surface area contributed by atoms with Crippen LogP contribution in [0.15, 0.2) is 0 Å². The third-order valence-corrected chi connectivity index (χ3v) is 4.38. The molecule has 112 valence electrons. The minimum atomic E-state index is -0.332. The van der Waals surface area contributed by atoms with Crippen molar-refractivity contribution in [3.63, 3.8) is 0 Å². The Morgan fingerprint density at radius 1 is 1.16 bits per heavy atom. The van der Waals surface area contributed by atoms with Crippen LogP contribution in [0.25, 0.3) is 0 Å². The van der Waals surface area contributed by atoms with Crippen molar-refractivity contribution >= 4 is 0 Å². The van der Waals surface area contributed by atoms with Gasteiger partial charge in [-0.1, -0.05) is 6.42 Å². The molecule has 2 heterocycles. The lowest BCUT2D eigenvalue weighted by Gasteiger charge is -2.33. The SMILES string of the molecule is CCOCC(O)CN1CCCC1CN1CCCCC1. The summed E-state index contributed by atoms with van der Waals surface area (Å²) in [5, 5.41) is 9.98. The number of ether oxygens (including phenoxy) is 1. The molecule has 0 aliphatic carbocycles. The van der Waals surface area contributed by atoms with E-state index in [2.05, 4.69) is 9.80 Å². The van der Waals surface area contributed by atoms with Gasteiger partial charge in [0.2, 0.25) is 0 Å². The fourth-order valence-electron chi connectivity index (χ4n) is 3.36. The van der Waals surface area contributed by atoms with E-state index in [0.29, 0.717) is 19.3 Å². The maximum atomic E-state index is 9.98. The molecule has 2 saturated heterocycles. The van der Waals surface area contributed by atoms with E-state index in [4.69, 9.17) is 4.74 Å². The fourth-order valence-corrected chi connectivity index (χ4v) is 3.36. The lowest BCUT2D eigenvalue weighted by molar-refractivity contribution is 0.0153. The number of aliphatic hydroxyl groups is 1. The highest BCUT2D eigenvalue weighted by Gasteiger charge is 2.28. The van der Waals surface area contributed by atoms with E-state index in [1.165, 1.54) is 51.7 Å². The molecule has 0 spiro atoms. The summed E-state index contributed by atoms with van der Waals surface area (Å²) in [5.74, 6) is 0. The van der Waals surface area contributed by atoms with Gasteiger partial charge >= 0.3 is 0 Å². The first-order valence-corrected chi connectivity index (χ1v) is 8.01. The second-order valence-electron chi connectivity index (χ2n) is 5.97. The number of likely N-dealkylation sites (tertiary alicyclic amines) is 2. The van der Waals surface area contributed by atoms with E-state index < -0.39 is 0 Å². The highest BCUT2D eigenvalue weighted by atomic mass is 16.5. The minimum absolute atomic E-state index is 0.332. The lowest BCUT2D eigenvalue weighted by Crippen LogP contribution is -2.45. The lowest BCUT2D eigenvalue weighted by atomic mass is 10.1. The summed E-state index contributed by atoms with van der Waals surface area (Å²) in [7, 11) is 0. The van der Waals surface area contributed by atoms with Crippen LogP contribution in [0.4, 0.5) is 0 Å². The molecule has 0 aromatic rings. The van der Waals surface area contributed by atoms with Crippen molar-refractivity contribution in [1.29, 1.82) is 0 Å². The molecule has 4 heteroatoms. The molecule has 0 bridgehead atoms. The molecule has 2 aliphatic rings. The monoisotopic (exact) mass is 270 g/mol. The van der Waals surface area contributed by atoms with Gasteiger partial charge in [-0.2, -0.15) is 0 Å². The minimum Gasteiger partial charge on any atom is -0.389 e. The van der Waals surface area contributed by atoms with Crippen LogP contribution in [-0.2, 0) is 4.74 Å². The molecule has 0 aromatic heterocycles. The van der Waals surface area contributed by atoms with Crippen LogP contribution in [-0.4, -0.2) is 73.0 Å². The van der Waals surface area contributed by atoms with Gasteiger partial charge in [0.1, 0.15) is 0 Å². The first-order valence-electron chi connectivity index (χ1n) is 8.01. The Hall–Kier alpha value is -0.160. The summed E-state index contributed by atoms with van der Waals surface area (Å²) in [6.45, 7) is 8.79. The maximum absolute atomic E-state index is 9.98. The zero-order valence-electron chi connectivity index (χ0n) is 12.4. The molecule has 2 atom stereocenters. The highest BCUT2D eigenvalue weighted by molar-refractivity contribution is 4.84. The van der Waals surface area contributed by atoms with Crippen LogP contribution in [0, 0.1) is 0 Å². The Bertz CT molecular complexity index is 244. The van der Waals surface area contributed by atoms with Gasteiger partial charge in [-0.25, -0.2) is 0 Å². The zero-order chi connectivity index (χ0) is 13.5. The van der Waals surface area contributed by atoms with Crippen LogP contribution in [0.1, 0.15) is 39.0 Å². The summed E-state index contributed by atoms with van der Waals surface area (Å²) >= 11 is 0. The molecule has 1 N–H and O–H groups in total. The number of piperidine rings is 1. The number of β-amino-alcohol motifs (C(OH)–C–C–N with tert-alkyl or cyclic N) is 1. The first-order chi connectivity index (χ1) is 9.29. The summed E-state index contributed by atoms with van der Waals surface area (Å²) < 4.78 is 5.30. The molecular weight excluding hydrogens is 240 g/mol. The predicted octanol–water partition coefficient (Wildman–Crippen LogP) is 1.33. The van der Waals surface area contributed by atoms with Crippen molar-refractivity contribution in [2.75, 3.05) is 45.9 Å². The van der Waals surface area contributed by atoms with E-state index in [-0.39, 0.29) is 6.10 Å². The average Bonchev–Trinajstić information content (AvgIpc) is 2.85. The smallest absolute Gasteiger partial charge is 0.0900 e. The molecule has 2 fully saturated rings. The normalized spacial score (nSPS) is 27.8. The molecule has 0 saturated carbocycles. The standard InChI is InChI=1S/C15H30N2O2/c1-2-19-13-15(18)12-17-10-6-7-14(17)11-16-8-4-3-5-9-16/h14-15,18H,2-13H2,1H3. The average molecular weight is 270 g/mol. The largest absolute Gasteiger partial charge is 0.389 e. The van der Waals surface area contributed by atoms with Gasteiger partial charge < -0.3 is 14.7 Å². The Balaban J connectivity index is 1.72. The predicted molar refractivity (Wildman–Crippen MR) is 77.4 cm³/mol. The molecule has 0 amide bonds. The molecule has 2 rings (SSSR count). The van der Waals surface area contributed by atoms with E-state index in [1.807, 2.05) is 6.92 Å². The van der Waals surface area contributed by atoms with Crippen LogP contribution in [0.3, 0.4) is 0 Å². The summed E-state index contributed by atoms with van der Waals surface area (Å²) in [6.07, 6.45) is 6.36. The fraction of sp³-hybridized carbons (Fsp3) is 1.00. The molecule has 0 aromatic carbocycles. The number of nitrogens with zero attached hydrogens (tertiary/aromatic N) is 2. The van der Waals surface area contributed by atoms with Crippen LogP contribution < -0.4 is 0 Å². The van der Waals surface area contributed by atoms with Crippen molar-refractivity contribution in [3.05, 3.63) is 0 Å². The summed E-state index contributed by atoms with van der Waals surface area (Å²) in [4.78, 5) is 5.08. The van der Waals surface area contributed by atoms with Crippen LogP contribution >= 0.6 is 0 Å². The van der Waals surface area contributed by atoms with Crippen LogP contribution in [0.2, 0.25) is 0 Å². The topological polar surface area (TPSA) is 35.9 Å². The molecule has 19 heavy (non-hydrogen) atoms. The number of aliphatic hydroxyl groups excluding tert-OH is 1. The van der Waals surface area contributed by atoms with E-state index >= 15 is 0 Å². The molecular formula is C15H30N2O2. The summed E-state index contributed by atoms with van der Waals surface area (Å²) in [5.41, 5.74) is 0. The van der Waals surface area contributed by atoms with Gasteiger partial charge in [0.15, 0.2) is 0 Å². The Kier molecular flexibility index (Phi) is 6.57. The highest BCUT2D eigenvalue weighted by Crippen LogP contribution is 2.20. The third-order valence-electron chi connectivity index (χ3n) is 4.38. The van der Waals surface area contributed by atoms with Crippen molar-refractivity contribution in [3.8, 4) is 0 Å². The molecule has 2 aliphatic heterocycles.